The summed E-state index contributed by atoms with van der Waals surface area (Å²) in [5.41, 5.74) is 1.73. The zero-order valence-corrected chi connectivity index (χ0v) is 10.9. The van der Waals surface area contributed by atoms with Gasteiger partial charge in [-0.05, 0) is 25.8 Å². The molecule has 0 saturated carbocycles. The van der Waals surface area contributed by atoms with Gasteiger partial charge < -0.3 is 4.90 Å². The Labute approximate surface area is 111 Å². The fourth-order valence-electron chi connectivity index (χ4n) is 2.39. The Morgan fingerprint density at radius 2 is 1.95 bits per heavy atom. The molecule has 0 atom stereocenters. The number of hydrogen-bond donors (Lipinski definition) is 1. The van der Waals surface area contributed by atoms with Gasteiger partial charge in [0.2, 0.25) is 5.95 Å². The van der Waals surface area contributed by atoms with Crippen molar-refractivity contribution in [3.63, 3.8) is 0 Å². The Hall–Kier alpha value is -2.17. The van der Waals surface area contributed by atoms with Gasteiger partial charge in [0, 0.05) is 18.5 Å². The molecule has 1 aromatic carbocycles. The molecule has 0 spiro atoms. The Kier molecular flexibility index (Phi) is 3.03. The predicted molar refractivity (Wildman–Crippen MR) is 74.1 cm³/mol. The molecule has 2 amide bonds. The van der Waals surface area contributed by atoms with Crippen LogP contribution >= 0.6 is 0 Å². The number of benzene rings is 1. The number of aryl methyl sites for hydroxylation is 1. The molecule has 0 radical (unpaired) electrons. The summed E-state index contributed by atoms with van der Waals surface area (Å²) in [5.74, 6) is 0.383. The maximum Gasteiger partial charge on any atom is 0.324 e. The average Bonchev–Trinajstić information content (AvgIpc) is 2.93. The van der Waals surface area contributed by atoms with E-state index >= 15 is 0 Å². The van der Waals surface area contributed by atoms with Crippen LogP contribution in [0.25, 0.3) is 10.9 Å². The lowest BCUT2D eigenvalue weighted by Crippen LogP contribution is -2.32. The van der Waals surface area contributed by atoms with Crippen molar-refractivity contribution in [1.29, 1.82) is 0 Å². The van der Waals surface area contributed by atoms with Crippen LogP contribution in [0.15, 0.2) is 24.3 Å². The maximum absolute atomic E-state index is 12.0. The van der Waals surface area contributed by atoms with Gasteiger partial charge in [0.15, 0.2) is 0 Å². The van der Waals surface area contributed by atoms with Crippen LogP contribution in [0.3, 0.4) is 0 Å². The number of fused-ring (bicyclic) bond motifs is 1. The Bertz CT molecular complexity index is 620. The van der Waals surface area contributed by atoms with E-state index in [4.69, 9.17) is 0 Å². The van der Waals surface area contributed by atoms with Crippen molar-refractivity contribution in [2.45, 2.75) is 19.8 Å². The first-order valence-electron chi connectivity index (χ1n) is 6.53. The summed E-state index contributed by atoms with van der Waals surface area (Å²) >= 11 is 0. The molecule has 0 bridgehead atoms. The molecular formula is C14H16N4O. The maximum atomic E-state index is 12.0. The van der Waals surface area contributed by atoms with E-state index in [-0.39, 0.29) is 6.03 Å². The van der Waals surface area contributed by atoms with Crippen LogP contribution in [0.4, 0.5) is 10.7 Å². The van der Waals surface area contributed by atoms with Crippen LogP contribution in [-0.4, -0.2) is 34.0 Å². The highest BCUT2D eigenvalue weighted by molar-refractivity contribution is 5.89. The lowest BCUT2D eigenvalue weighted by Gasteiger charge is -2.15. The van der Waals surface area contributed by atoms with Gasteiger partial charge in [0.05, 0.1) is 11.2 Å². The molecule has 3 rings (SSSR count). The number of carbonyl (C=O) groups is 1. The second-order valence-corrected chi connectivity index (χ2v) is 4.77. The van der Waals surface area contributed by atoms with E-state index in [0.717, 1.165) is 42.5 Å². The quantitative estimate of drug-likeness (QED) is 0.853. The van der Waals surface area contributed by atoms with Gasteiger partial charge in [-0.3, -0.25) is 5.32 Å². The normalized spacial score (nSPS) is 14.9. The summed E-state index contributed by atoms with van der Waals surface area (Å²) in [6, 6.07) is 7.70. The molecule has 2 aromatic rings. The molecule has 98 valence electrons. The minimum absolute atomic E-state index is 0.104. The van der Waals surface area contributed by atoms with E-state index in [9.17, 15) is 4.79 Å². The SMILES string of the molecule is Cc1nc(NC(=O)N2CCCC2)nc2ccccc12. The molecule has 19 heavy (non-hydrogen) atoms. The van der Waals surface area contributed by atoms with Gasteiger partial charge >= 0.3 is 6.03 Å². The lowest BCUT2D eigenvalue weighted by atomic mass is 10.2. The highest BCUT2D eigenvalue weighted by atomic mass is 16.2. The third-order valence-corrected chi connectivity index (χ3v) is 3.41. The number of nitrogens with one attached hydrogen (secondary N) is 1. The summed E-state index contributed by atoms with van der Waals surface area (Å²) in [6.07, 6.45) is 2.15. The van der Waals surface area contributed by atoms with E-state index < -0.39 is 0 Å². The number of aromatic nitrogens is 2. The van der Waals surface area contributed by atoms with Crippen LogP contribution in [0.5, 0.6) is 0 Å². The van der Waals surface area contributed by atoms with Crippen molar-refractivity contribution in [2.24, 2.45) is 0 Å². The van der Waals surface area contributed by atoms with E-state index in [0.29, 0.717) is 5.95 Å². The monoisotopic (exact) mass is 256 g/mol. The van der Waals surface area contributed by atoms with Gasteiger partial charge in [-0.25, -0.2) is 14.8 Å². The lowest BCUT2D eigenvalue weighted by molar-refractivity contribution is 0.222. The predicted octanol–water partition coefficient (Wildman–Crippen LogP) is 2.57. The highest BCUT2D eigenvalue weighted by Crippen LogP contribution is 2.17. The molecule has 1 N–H and O–H groups in total. The van der Waals surface area contributed by atoms with Gasteiger partial charge in [0.25, 0.3) is 0 Å². The van der Waals surface area contributed by atoms with Crippen molar-refractivity contribution >= 4 is 22.9 Å². The summed E-state index contributed by atoms with van der Waals surface area (Å²) in [5, 5.41) is 3.80. The van der Waals surface area contributed by atoms with Crippen molar-refractivity contribution in [1.82, 2.24) is 14.9 Å². The van der Waals surface area contributed by atoms with Crippen molar-refractivity contribution in [3.05, 3.63) is 30.0 Å². The molecule has 0 aliphatic carbocycles. The number of likely N-dealkylation sites (tertiary alicyclic amines) is 1. The first-order valence-corrected chi connectivity index (χ1v) is 6.53. The topological polar surface area (TPSA) is 58.1 Å². The molecule has 1 aliphatic rings. The van der Waals surface area contributed by atoms with E-state index in [1.807, 2.05) is 31.2 Å². The summed E-state index contributed by atoms with van der Waals surface area (Å²) in [6.45, 7) is 3.56. The number of carbonyl (C=O) groups excluding carboxylic acids is 1. The van der Waals surface area contributed by atoms with Crippen molar-refractivity contribution in [3.8, 4) is 0 Å². The van der Waals surface area contributed by atoms with Gasteiger partial charge in [-0.2, -0.15) is 0 Å². The molecule has 5 heteroatoms. The van der Waals surface area contributed by atoms with Crippen LogP contribution < -0.4 is 5.32 Å². The first-order chi connectivity index (χ1) is 9.24. The minimum atomic E-state index is -0.104. The number of para-hydroxylation sites is 1. The summed E-state index contributed by atoms with van der Waals surface area (Å²) < 4.78 is 0. The Balaban J connectivity index is 1.86. The highest BCUT2D eigenvalue weighted by Gasteiger charge is 2.18. The number of anilines is 1. The van der Waals surface area contributed by atoms with Crippen LogP contribution in [0, 0.1) is 6.92 Å². The average molecular weight is 256 g/mol. The second kappa shape index (κ2) is 4.84. The molecule has 1 aromatic heterocycles. The van der Waals surface area contributed by atoms with E-state index in [2.05, 4.69) is 15.3 Å². The number of hydrogen-bond acceptors (Lipinski definition) is 3. The molecular weight excluding hydrogens is 240 g/mol. The van der Waals surface area contributed by atoms with Crippen molar-refractivity contribution in [2.75, 3.05) is 18.4 Å². The van der Waals surface area contributed by atoms with Gasteiger partial charge in [-0.1, -0.05) is 18.2 Å². The minimum Gasteiger partial charge on any atom is -0.324 e. The molecule has 1 aliphatic heterocycles. The van der Waals surface area contributed by atoms with Gasteiger partial charge in [-0.15, -0.1) is 0 Å². The number of amides is 2. The Morgan fingerprint density at radius 1 is 1.21 bits per heavy atom. The summed E-state index contributed by atoms with van der Waals surface area (Å²) in [4.78, 5) is 22.5. The zero-order chi connectivity index (χ0) is 13.2. The first kappa shape index (κ1) is 11.9. The fourth-order valence-corrected chi connectivity index (χ4v) is 2.39. The van der Waals surface area contributed by atoms with E-state index in [1.54, 1.807) is 4.90 Å². The largest absolute Gasteiger partial charge is 0.324 e. The van der Waals surface area contributed by atoms with Gasteiger partial charge in [0.1, 0.15) is 0 Å². The third kappa shape index (κ3) is 2.36. The number of urea groups is 1. The summed E-state index contributed by atoms with van der Waals surface area (Å²) in [7, 11) is 0. The third-order valence-electron chi connectivity index (χ3n) is 3.41. The molecule has 1 fully saturated rings. The van der Waals surface area contributed by atoms with Crippen molar-refractivity contribution < 1.29 is 4.79 Å². The number of nitrogens with zero attached hydrogens (tertiary/aromatic N) is 3. The van der Waals surface area contributed by atoms with Crippen LogP contribution in [-0.2, 0) is 0 Å². The van der Waals surface area contributed by atoms with Crippen LogP contribution in [0.2, 0.25) is 0 Å². The zero-order valence-electron chi connectivity index (χ0n) is 10.9. The standard InChI is InChI=1S/C14H16N4O/c1-10-11-6-2-3-7-12(11)16-13(15-10)17-14(19)18-8-4-5-9-18/h2-3,6-7H,4-5,8-9H2,1H3,(H,15,16,17,19). The second-order valence-electron chi connectivity index (χ2n) is 4.77. The van der Waals surface area contributed by atoms with E-state index in [1.165, 1.54) is 0 Å². The number of rotatable bonds is 1. The Morgan fingerprint density at radius 3 is 2.74 bits per heavy atom. The van der Waals surface area contributed by atoms with Crippen LogP contribution in [0.1, 0.15) is 18.5 Å². The molecule has 5 nitrogen and oxygen atoms in total. The smallest absolute Gasteiger partial charge is 0.324 e. The molecule has 0 unspecified atom stereocenters. The molecule has 2 heterocycles. The fraction of sp³-hybridized carbons (Fsp3) is 0.357. The molecule has 1 saturated heterocycles.